The molecule has 0 bridgehead atoms. The van der Waals surface area contributed by atoms with Crippen molar-refractivity contribution < 1.29 is 14.3 Å². The average molecular weight is 344 g/mol. The largest absolute Gasteiger partial charge is 0.496 e. The second-order valence-corrected chi connectivity index (χ2v) is 5.64. The highest BCUT2D eigenvalue weighted by molar-refractivity contribution is 9.09. The third-order valence-corrected chi connectivity index (χ3v) is 3.71. The Kier molecular flexibility index (Phi) is 6.85. The Balaban J connectivity index is 2.96. The number of ether oxygens (including phenoxy) is 2. The molecule has 0 saturated heterocycles. The number of methoxy groups -OCH3 is 2. The molecule has 1 atom stereocenters. The summed E-state index contributed by atoms with van der Waals surface area (Å²) in [5, 5.41) is 3.73. The van der Waals surface area contributed by atoms with Crippen molar-refractivity contribution in [3.63, 3.8) is 0 Å². The third kappa shape index (κ3) is 4.40. The normalized spacial score (nSPS) is 12.1. The maximum atomic E-state index is 12.5. The Hall–Kier alpha value is -1.23. The molecule has 1 amide bonds. The van der Waals surface area contributed by atoms with Gasteiger partial charge in [-0.15, -0.1) is 0 Å². The van der Waals surface area contributed by atoms with E-state index in [1.165, 1.54) is 0 Å². The van der Waals surface area contributed by atoms with Crippen LogP contribution in [0.4, 0.5) is 0 Å². The molecule has 0 heterocycles. The van der Waals surface area contributed by atoms with Crippen LogP contribution in [0.3, 0.4) is 0 Å². The van der Waals surface area contributed by atoms with Crippen molar-refractivity contribution in [3.05, 3.63) is 23.8 Å². The van der Waals surface area contributed by atoms with Gasteiger partial charge in [0.15, 0.2) is 0 Å². The predicted molar refractivity (Wildman–Crippen MR) is 84.0 cm³/mol. The molecule has 4 nitrogen and oxygen atoms in total. The van der Waals surface area contributed by atoms with Gasteiger partial charge in [0, 0.05) is 11.4 Å². The zero-order valence-corrected chi connectivity index (χ0v) is 14.0. The van der Waals surface area contributed by atoms with E-state index in [4.69, 9.17) is 9.47 Å². The number of benzene rings is 1. The maximum Gasteiger partial charge on any atom is 0.259 e. The zero-order chi connectivity index (χ0) is 15.1. The molecule has 1 rings (SSSR count). The first-order valence-electron chi connectivity index (χ1n) is 6.61. The van der Waals surface area contributed by atoms with Crippen molar-refractivity contribution in [3.8, 4) is 11.5 Å². The fourth-order valence-electron chi connectivity index (χ4n) is 2.06. The van der Waals surface area contributed by atoms with E-state index in [1.54, 1.807) is 32.4 Å². The number of hydrogen-bond donors (Lipinski definition) is 1. The summed E-state index contributed by atoms with van der Waals surface area (Å²) >= 11 is 3.44. The van der Waals surface area contributed by atoms with Gasteiger partial charge in [-0.1, -0.05) is 35.8 Å². The van der Waals surface area contributed by atoms with E-state index in [0.29, 0.717) is 28.3 Å². The molecular formula is C15H22BrNO3. The standard InChI is InChI=1S/C15H22BrNO3/c1-10(2)8-11(9-16)17-15(18)14-12(19-3)6-5-7-13(14)20-4/h5-7,10-11H,8-9H2,1-4H3,(H,17,18). The average Bonchev–Trinajstić information content (AvgIpc) is 2.44. The summed E-state index contributed by atoms with van der Waals surface area (Å²) in [6.07, 6.45) is 0.911. The number of carbonyl (C=O) groups excluding carboxylic acids is 1. The lowest BCUT2D eigenvalue weighted by Crippen LogP contribution is -2.37. The van der Waals surface area contributed by atoms with Crippen molar-refractivity contribution >= 4 is 21.8 Å². The number of nitrogens with one attached hydrogen (secondary N) is 1. The molecule has 0 aliphatic heterocycles. The van der Waals surface area contributed by atoms with Crippen molar-refractivity contribution in [2.45, 2.75) is 26.3 Å². The molecule has 1 aromatic rings. The molecule has 1 unspecified atom stereocenters. The lowest BCUT2D eigenvalue weighted by Gasteiger charge is -2.20. The van der Waals surface area contributed by atoms with Crippen LogP contribution in [-0.4, -0.2) is 31.5 Å². The van der Waals surface area contributed by atoms with Gasteiger partial charge < -0.3 is 14.8 Å². The third-order valence-electron chi connectivity index (χ3n) is 2.93. The molecule has 0 aromatic heterocycles. The quantitative estimate of drug-likeness (QED) is 0.773. The first-order chi connectivity index (χ1) is 9.53. The van der Waals surface area contributed by atoms with E-state index in [2.05, 4.69) is 35.1 Å². The number of halogens is 1. The van der Waals surface area contributed by atoms with E-state index >= 15 is 0 Å². The molecule has 0 saturated carbocycles. The van der Waals surface area contributed by atoms with Crippen LogP contribution in [0.2, 0.25) is 0 Å². The Morgan fingerprint density at radius 3 is 2.20 bits per heavy atom. The van der Waals surface area contributed by atoms with E-state index in [-0.39, 0.29) is 11.9 Å². The van der Waals surface area contributed by atoms with Crippen LogP contribution in [0.15, 0.2) is 18.2 Å². The number of rotatable bonds is 7. The highest BCUT2D eigenvalue weighted by Crippen LogP contribution is 2.28. The fourth-order valence-corrected chi connectivity index (χ4v) is 2.49. The summed E-state index contributed by atoms with van der Waals surface area (Å²) in [5.41, 5.74) is 0.437. The topological polar surface area (TPSA) is 47.6 Å². The summed E-state index contributed by atoms with van der Waals surface area (Å²) < 4.78 is 10.5. The van der Waals surface area contributed by atoms with Gasteiger partial charge in [-0.05, 0) is 24.5 Å². The number of alkyl halides is 1. The molecule has 20 heavy (non-hydrogen) atoms. The molecule has 0 aliphatic rings. The summed E-state index contributed by atoms with van der Waals surface area (Å²) in [4.78, 5) is 12.5. The van der Waals surface area contributed by atoms with E-state index in [9.17, 15) is 4.79 Å². The highest BCUT2D eigenvalue weighted by Gasteiger charge is 2.21. The van der Waals surface area contributed by atoms with E-state index < -0.39 is 0 Å². The number of amides is 1. The molecule has 0 spiro atoms. The van der Waals surface area contributed by atoms with Gasteiger partial charge >= 0.3 is 0 Å². The summed E-state index contributed by atoms with van der Waals surface area (Å²) in [7, 11) is 3.09. The predicted octanol–water partition coefficient (Wildman–Crippen LogP) is 3.24. The van der Waals surface area contributed by atoms with Crippen LogP contribution < -0.4 is 14.8 Å². The van der Waals surface area contributed by atoms with Gasteiger partial charge in [0.1, 0.15) is 17.1 Å². The van der Waals surface area contributed by atoms with Crippen LogP contribution in [0.25, 0.3) is 0 Å². The molecule has 0 fully saturated rings. The monoisotopic (exact) mass is 343 g/mol. The lowest BCUT2D eigenvalue weighted by molar-refractivity contribution is 0.0931. The Morgan fingerprint density at radius 1 is 1.25 bits per heavy atom. The summed E-state index contributed by atoms with van der Waals surface area (Å²) in [6.45, 7) is 4.26. The van der Waals surface area contributed by atoms with Gasteiger partial charge in [-0.2, -0.15) is 0 Å². The molecule has 112 valence electrons. The molecule has 1 aromatic carbocycles. The van der Waals surface area contributed by atoms with Crippen molar-refractivity contribution in [2.75, 3.05) is 19.5 Å². The van der Waals surface area contributed by atoms with Crippen LogP contribution in [0.1, 0.15) is 30.6 Å². The highest BCUT2D eigenvalue weighted by atomic mass is 79.9. The summed E-state index contributed by atoms with van der Waals surface area (Å²) in [6, 6.07) is 5.38. The minimum Gasteiger partial charge on any atom is -0.496 e. The molecule has 5 heteroatoms. The second kappa shape index (κ2) is 8.15. The van der Waals surface area contributed by atoms with Gasteiger partial charge in [0.2, 0.25) is 0 Å². The molecule has 0 aliphatic carbocycles. The van der Waals surface area contributed by atoms with E-state index in [0.717, 1.165) is 6.42 Å². The van der Waals surface area contributed by atoms with Crippen molar-refractivity contribution in [1.29, 1.82) is 0 Å². The smallest absolute Gasteiger partial charge is 0.259 e. The lowest BCUT2D eigenvalue weighted by atomic mass is 10.0. The molecule has 1 N–H and O–H groups in total. The Morgan fingerprint density at radius 2 is 1.80 bits per heavy atom. The van der Waals surface area contributed by atoms with E-state index in [1.807, 2.05) is 0 Å². The molecular weight excluding hydrogens is 322 g/mol. The second-order valence-electron chi connectivity index (χ2n) is 4.99. The zero-order valence-electron chi connectivity index (χ0n) is 12.4. The first-order valence-corrected chi connectivity index (χ1v) is 7.73. The van der Waals surface area contributed by atoms with Crippen LogP contribution >= 0.6 is 15.9 Å². The van der Waals surface area contributed by atoms with Crippen molar-refractivity contribution in [2.24, 2.45) is 5.92 Å². The fraction of sp³-hybridized carbons (Fsp3) is 0.533. The minimum absolute atomic E-state index is 0.0807. The van der Waals surface area contributed by atoms with Crippen LogP contribution in [-0.2, 0) is 0 Å². The maximum absolute atomic E-state index is 12.5. The van der Waals surface area contributed by atoms with Gasteiger partial charge in [0.05, 0.1) is 14.2 Å². The van der Waals surface area contributed by atoms with Crippen molar-refractivity contribution in [1.82, 2.24) is 5.32 Å². The van der Waals surface area contributed by atoms with Crippen LogP contribution in [0.5, 0.6) is 11.5 Å². The SMILES string of the molecule is COc1cccc(OC)c1C(=O)NC(CBr)CC(C)C. The number of carbonyl (C=O) groups is 1. The first kappa shape index (κ1) is 16.8. The minimum atomic E-state index is -0.176. The summed E-state index contributed by atoms with van der Waals surface area (Å²) in [5.74, 6) is 1.36. The Bertz CT molecular complexity index is 426. The van der Waals surface area contributed by atoms with Gasteiger partial charge in [-0.25, -0.2) is 0 Å². The molecule has 0 radical (unpaired) electrons. The number of hydrogen-bond acceptors (Lipinski definition) is 3. The van der Waals surface area contributed by atoms with Crippen LogP contribution in [0, 0.1) is 5.92 Å². The van der Waals surface area contributed by atoms with Gasteiger partial charge in [-0.3, -0.25) is 4.79 Å². The Labute approximate surface area is 129 Å². The van der Waals surface area contributed by atoms with Gasteiger partial charge in [0.25, 0.3) is 5.91 Å².